The van der Waals surface area contributed by atoms with Crippen LogP contribution in [0.25, 0.3) is 38.9 Å². The molecule has 0 saturated carbocycles. The van der Waals surface area contributed by atoms with E-state index in [1.54, 1.807) is 7.11 Å². The highest BCUT2D eigenvalue weighted by molar-refractivity contribution is 5.94. The van der Waals surface area contributed by atoms with E-state index in [9.17, 15) is 0 Å². The molecular weight excluding hydrogens is 464 g/mol. The van der Waals surface area contributed by atoms with Crippen LogP contribution in [0.3, 0.4) is 0 Å². The maximum atomic E-state index is 5.74. The molecule has 0 unspecified atom stereocenters. The molecule has 0 bridgehead atoms. The van der Waals surface area contributed by atoms with Crippen LogP contribution in [0.4, 0.5) is 0 Å². The number of fused-ring (bicyclic) bond motifs is 2. The van der Waals surface area contributed by atoms with Crippen LogP contribution in [-0.2, 0) is 16.0 Å². The highest BCUT2D eigenvalue weighted by Crippen LogP contribution is 2.30. The third-order valence-corrected chi connectivity index (χ3v) is 6.80. The van der Waals surface area contributed by atoms with Crippen molar-refractivity contribution in [3.8, 4) is 22.7 Å². The zero-order chi connectivity index (χ0) is 25.0. The SMILES string of the molecule is COCCOc1ccc2c(c1)ncn2-c1ccc2cccc(-c3ccc(CN4CCOCC4)cc3)c2n1. The van der Waals surface area contributed by atoms with E-state index in [1.807, 2.05) is 35.2 Å². The van der Waals surface area contributed by atoms with Crippen LogP contribution in [0.1, 0.15) is 5.56 Å². The summed E-state index contributed by atoms with van der Waals surface area (Å²) in [5.74, 6) is 1.61. The van der Waals surface area contributed by atoms with Crippen molar-refractivity contribution in [1.82, 2.24) is 19.4 Å². The molecule has 188 valence electrons. The Labute approximate surface area is 216 Å². The molecule has 0 amide bonds. The number of aromatic nitrogens is 3. The van der Waals surface area contributed by atoms with Gasteiger partial charge < -0.3 is 14.2 Å². The van der Waals surface area contributed by atoms with Crippen molar-refractivity contribution >= 4 is 21.9 Å². The van der Waals surface area contributed by atoms with Crippen molar-refractivity contribution in [3.63, 3.8) is 0 Å². The lowest BCUT2D eigenvalue weighted by molar-refractivity contribution is 0.0342. The first-order valence-electron chi connectivity index (χ1n) is 12.7. The lowest BCUT2D eigenvalue weighted by Gasteiger charge is -2.26. The Bertz CT molecular complexity index is 1510. The number of morpholine rings is 1. The van der Waals surface area contributed by atoms with Crippen molar-refractivity contribution in [2.45, 2.75) is 6.54 Å². The van der Waals surface area contributed by atoms with Gasteiger partial charge in [0.25, 0.3) is 0 Å². The Morgan fingerprint density at radius 2 is 1.78 bits per heavy atom. The van der Waals surface area contributed by atoms with E-state index in [0.717, 1.165) is 77.5 Å². The van der Waals surface area contributed by atoms with Crippen molar-refractivity contribution in [3.05, 3.63) is 84.7 Å². The summed E-state index contributed by atoms with van der Waals surface area (Å²) in [5.41, 5.74) is 6.42. The number of para-hydroxylation sites is 1. The van der Waals surface area contributed by atoms with Crippen molar-refractivity contribution in [2.24, 2.45) is 0 Å². The van der Waals surface area contributed by atoms with E-state index in [2.05, 4.69) is 58.4 Å². The fourth-order valence-electron chi connectivity index (χ4n) is 4.82. The second kappa shape index (κ2) is 10.7. The van der Waals surface area contributed by atoms with Crippen molar-refractivity contribution < 1.29 is 14.2 Å². The first-order valence-corrected chi connectivity index (χ1v) is 12.7. The predicted octanol–water partition coefficient (Wildman–Crippen LogP) is 5.10. The van der Waals surface area contributed by atoms with Crippen LogP contribution in [0.2, 0.25) is 0 Å². The van der Waals surface area contributed by atoms with Gasteiger partial charge in [-0.3, -0.25) is 9.47 Å². The van der Waals surface area contributed by atoms with Gasteiger partial charge in [0.15, 0.2) is 0 Å². The van der Waals surface area contributed by atoms with E-state index in [4.69, 9.17) is 19.2 Å². The minimum atomic E-state index is 0.506. The highest BCUT2D eigenvalue weighted by atomic mass is 16.5. The second-order valence-electron chi connectivity index (χ2n) is 9.24. The van der Waals surface area contributed by atoms with E-state index < -0.39 is 0 Å². The largest absolute Gasteiger partial charge is 0.491 e. The van der Waals surface area contributed by atoms with Gasteiger partial charge in [0.1, 0.15) is 24.5 Å². The van der Waals surface area contributed by atoms with E-state index >= 15 is 0 Å². The van der Waals surface area contributed by atoms with Gasteiger partial charge in [-0.05, 0) is 35.4 Å². The zero-order valence-corrected chi connectivity index (χ0v) is 21.0. The summed E-state index contributed by atoms with van der Waals surface area (Å²) in [7, 11) is 1.66. The molecule has 0 radical (unpaired) electrons. The molecule has 37 heavy (non-hydrogen) atoms. The average Bonchev–Trinajstić information content (AvgIpc) is 3.37. The average molecular weight is 495 g/mol. The lowest BCUT2D eigenvalue weighted by atomic mass is 10.0. The van der Waals surface area contributed by atoms with Crippen LogP contribution in [0, 0.1) is 0 Å². The van der Waals surface area contributed by atoms with Crippen LogP contribution in [0.5, 0.6) is 5.75 Å². The number of ether oxygens (including phenoxy) is 3. The molecule has 6 rings (SSSR count). The van der Waals surface area contributed by atoms with Gasteiger partial charge in [0.2, 0.25) is 0 Å². The third-order valence-electron chi connectivity index (χ3n) is 6.80. The first kappa shape index (κ1) is 23.6. The number of hydrogen-bond acceptors (Lipinski definition) is 6. The molecule has 0 spiro atoms. The van der Waals surface area contributed by atoms with Gasteiger partial charge in [0, 0.05) is 43.8 Å². The number of methoxy groups -OCH3 is 1. The van der Waals surface area contributed by atoms with Gasteiger partial charge in [-0.2, -0.15) is 0 Å². The first-order chi connectivity index (χ1) is 18.3. The molecule has 0 aliphatic carbocycles. The maximum absolute atomic E-state index is 5.74. The topological polar surface area (TPSA) is 61.6 Å². The molecular formula is C30H30N4O3. The van der Waals surface area contributed by atoms with Crippen molar-refractivity contribution in [2.75, 3.05) is 46.6 Å². The molecule has 0 N–H and O–H groups in total. The summed E-state index contributed by atoms with van der Waals surface area (Å²) in [6.45, 7) is 5.62. The minimum absolute atomic E-state index is 0.506. The molecule has 5 aromatic rings. The Morgan fingerprint density at radius 3 is 2.62 bits per heavy atom. The van der Waals surface area contributed by atoms with E-state index in [1.165, 1.54) is 5.56 Å². The Hall–Kier alpha value is -3.78. The summed E-state index contributed by atoms with van der Waals surface area (Å²) in [5, 5.41) is 1.11. The van der Waals surface area contributed by atoms with Gasteiger partial charge >= 0.3 is 0 Å². The van der Waals surface area contributed by atoms with Gasteiger partial charge in [0.05, 0.1) is 36.4 Å². The number of hydrogen-bond donors (Lipinski definition) is 0. The summed E-state index contributed by atoms with van der Waals surface area (Å²) >= 11 is 0. The predicted molar refractivity (Wildman–Crippen MR) is 145 cm³/mol. The van der Waals surface area contributed by atoms with E-state index in [0.29, 0.717) is 13.2 Å². The fourth-order valence-corrected chi connectivity index (χ4v) is 4.82. The second-order valence-corrected chi connectivity index (χ2v) is 9.24. The molecule has 0 atom stereocenters. The highest BCUT2D eigenvalue weighted by Gasteiger charge is 2.13. The number of rotatable bonds is 8. The Kier molecular flexibility index (Phi) is 6.82. The number of nitrogens with zero attached hydrogens (tertiary/aromatic N) is 4. The van der Waals surface area contributed by atoms with Crippen LogP contribution in [0.15, 0.2) is 79.1 Å². The molecule has 7 heteroatoms. The number of imidazole rings is 1. The van der Waals surface area contributed by atoms with Gasteiger partial charge in [-0.15, -0.1) is 0 Å². The third kappa shape index (κ3) is 5.06. The molecule has 1 fully saturated rings. The summed E-state index contributed by atoms with van der Waals surface area (Å²) in [6, 6.07) is 25.3. The van der Waals surface area contributed by atoms with Crippen LogP contribution < -0.4 is 4.74 Å². The minimum Gasteiger partial charge on any atom is -0.491 e. The summed E-state index contributed by atoms with van der Waals surface area (Å²) < 4.78 is 18.3. The standard InChI is InChI=1S/C30H30N4O3/c1-35-17-18-37-25-10-11-28-27(19-25)31-21-34(28)29-12-9-24-3-2-4-26(30(24)32-29)23-7-5-22(6-8-23)20-33-13-15-36-16-14-33/h2-12,19,21H,13-18,20H2,1H3. The molecule has 3 aromatic carbocycles. The molecule has 7 nitrogen and oxygen atoms in total. The number of benzene rings is 3. The monoisotopic (exact) mass is 494 g/mol. The quantitative estimate of drug-likeness (QED) is 0.280. The smallest absolute Gasteiger partial charge is 0.139 e. The molecule has 1 aliphatic rings. The van der Waals surface area contributed by atoms with E-state index in [-0.39, 0.29) is 0 Å². The summed E-state index contributed by atoms with van der Waals surface area (Å²) in [4.78, 5) is 12.1. The lowest BCUT2D eigenvalue weighted by Crippen LogP contribution is -2.35. The van der Waals surface area contributed by atoms with Crippen LogP contribution in [-0.4, -0.2) is 66.1 Å². The maximum Gasteiger partial charge on any atom is 0.139 e. The molecule has 2 aromatic heterocycles. The fraction of sp³-hybridized carbons (Fsp3) is 0.267. The molecule has 1 saturated heterocycles. The van der Waals surface area contributed by atoms with Gasteiger partial charge in [-0.25, -0.2) is 9.97 Å². The van der Waals surface area contributed by atoms with Crippen molar-refractivity contribution in [1.29, 1.82) is 0 Å². The molecule has 3 heterocycles. The summed E-state index contributed by atoms with van der Waals surface area (Å²) in [6.07, 6.45) is 1.82. The Balaban J connectivity index is 1.30. The normalized spacial score (nSPS) is 14.4. The van der Waals surface area contributed by atoms with Crippen LogP contribution >= 0.6 is 0 Å². The van der Waals surface area contributed by atoms with Gasteiger partial charge in [-0.1, -0.05) is 42.5 Å². The zero-order valence-electron chi connectivity index (χ0n) is 21.0. The Morgan fingerprint density at radius 1 is 0.919 bits per heavy atom. The molecule has 1 aliphatic heterocycles. The number of pyridine rings is 1.